The van der Waals surface area contributed by atoms with E-state index in [-0.39, 0.29) is 12.2 Å². The van der Waals surface area contributed by atoms with Gasteiger partial charge in [-0.05, 0) is 25.0 Å². The quantitative estimate of drug-likeness (QED) is 0.718. The van der Waals surface area contributed by atoms with Crippen LogP contribution in [0.5, 0.6) is 0 Å². The van der Waals surface area contributed by atoms with Crippen LogP contribution in [0.1, 0.15) is 37.2 Å². The van der Waals surface area contributed by atoms with Crippen molar-refractivity contribution in [2.24, 2.45) is 5.41 Å². The first-order valence-electron chi connectivity index (χ1n) is 6.18. The molecule has 0 aromatic carbocycles. The third-order valence-corrected chi connectivity index (χ3v) is 3.41. The van der Waals surface area contributed by atoms with Crippen molar-refractivity contribution in [1.29, 1.82) is 0 Å². The molecule has 0 saturated heterocycles. The number of anilines is 1. The second-order valence-corrected chi connectivity index (χ2v) is 4.45. The van der Waals surface area contributed by atoms with E-state index in [0.717, 1.165) is 0 Å². The minimum atomic E-state index is -0.927. The van der Waals surface area contributed by atoms with E-state index in [9.17, 15) is 14.7 Å². The summed E-state index contributed by atoms with van der Waals surface area (Å²) in [7, 11) is 0. The maximum absolute atomic E-state index is 11.8. The molecule has 0 spiro atoms. The first-order valence-corrected chi connectivity index (χ1v) is 6.18. The topological polar surface area (TPSA) is 105 Å². The molecule has 104 valence electrons. The third-order valence-electron chi connectivity index (χ3n) is 3.41. The summed E-state index contributed by atoms with van der Waals surface area (Å²) in [4.78, 5) is 27.0. The van der Waals surface area contributed by atoms with Gasteiger partial charge in [-0.2, -0.15) is 0 Å². The Bertz CT molecular complexity index is 453. The Morgan fingerprint density at radius 1 is 1.37 bits per heavy atom. The molecule has 6 heteroatoms. The van der Waals surface area contributed by atoms with Gasteiger partial charge in [-0.15, -0.1) is 0 Å². The van der Waals surface area contributed by atoms with Crippen molar-refractivity contribution in [3.63, 3.8) is 0 Å². The summed E-state index contributed by atoms with van der Waals surface area (Å²) in [5, 5.41) is 11.9. The predicted molar refractivity (Wildman–Crippen MR) is 71.6 cm³/mol. The molecule has 4 N–H and O–H groups in total. The summed E-state index contributed by atoms with van der Waals surface area (Å²) >= 11 is 0. The molecule has 1 aromatic heterocycles. The largest absolute Gasteiger partial charge is 0.481 e. The van der Waals surface area contributed by atoms with E-state index in [0.29, 0.717) is 18.5 Å². The highest BCUT2D eigenvalue weighted by Gasteiger charge is 2.35. The molecule has 19 heavy (non-hydrogen) atoms. The highest BCUT2D eigenvalue weighted by atomic mass is 16.4. The molecule has 0 bridgehead atoms. The Morgan fingerprint density at radius 3 is 2.42 bits per heavy atom. The van der Waals surface area contributed by atoms with Gasteiger partial charge in [-0.1, -0.05) is 13.8 Å². The van der Waals surface area contributed by atoms with Crippen molar-refractivity contribution in [3.8, 4) is 0 Å². The molecule has 0 fully saturated rings. The molecular formula is C13H19N3O3. The summed E-state index contributed by atoms with van der Waals surface area (Å²) in [6, 6.07) is 3.08. The Morgan fingerprint density at radius 2 is 2.00 bits per heavy atom. The first-order chi connectivity index (χ1) is 8.95. The number of carboxylic acid groups (broad SMARTS) is 1. The Kier molecular flexibility index (Phi) is 4.86. The van der Waals surface area contributed by atoms with E-state index in [2.05, 4.69) is 10.3 Å². The number of nitrogens with two attached hydrogens (primary N) is 1. The average molecular weight is 265 g/mol. The molecule has 0 aliphatic rings. The molecule has 1 heterocycles. The van der Waals surface area contributed by atoms with E-state index in [1.54, 1.807) is 19.9 Å². The minimum absolute atomic E-state index is 0.0836. The van der Waals surface area contributed by atoms with E-state index < -0.39 is 17.3 Å². The summed E-state index contributed by atoms with van der Waals surface area (Å²) in [6.45, 7) is 3.68. The van der Waals surface area contributed by atoms with Crippen LogP contribution in [-0.2, 0) is 4.79 Å². The van der Waals surface area contributed by atoms with Crippen LogP contribution in [0, 0.1) is 5.41 Å². The molecule has 1 amide bonds. The van der Waals surface area contributed by atoms with E-state index >= 15 is 0 Å². The van der Waals surface area contributed by atoms with Crippen molar-refractivity contribution >= 4 is 17.6 Å². The normalized spacial score (nSPS) is 11.1. The number of hydrogen-bond donors (Lipinski definition) is 3. The molecule has 0 unspecified atom stereocenters. The van der Waals surface area contributed by atoms with Crippen LogP contribution >= 0.6 is 0 Å². The van der Waals surface area contributed by atoms with Gasteiger partial charge in [0.15, 0.2) is 0 Å². The Balaban J connectivity index is 2.72. The predicted octanol–water partition coefficient (Wildman–Crippen LogP) is 1.28. The van der Waals surface area contributed by atoms with Crippen LogP contribution in [0.4, 0.5) is 5.69 Å². The molecular weight excluding hydrogens is 246 g/mol. The number of carbonyl (C=O) groups excluding carboxylic acids is 1. The number of nitrogen functional groups attached to an aromatic ring is 1. The number of rotatable bonds is 6. The number of pyridine rings is 1. The van der Waals surface area contributed by atoms with E-state index in [1.807, 2.05) is 0 Å². The monoisotopic (exact) mass is 265 g/mol. The smallest absolute Gasteiger partial charge is 0.311 e. The van der Waals surface area contributed by atoms with Crippen LogP contribution in [0.3, 0.4) is 0 Å². The number of nitrogens with one attached hydrogen (secondary N) is 1. The van der Waals surface area contributed by atoms with Crippen molar-refractivity contribution in [3.05, 3.63) is 24.0 Å². The number of carboxylic acids is 1. The zero-order chi connectivity index (χ0) is 14.5. The molecule has 1 rings (SSSR count). The maximum Gasteiger partial charge on any atom is 0.311 e. The van der Waals surface area contributed by atoms with Crippen LogP contribution in [0.25, 0.3) is 0 Å². The summed E-state index contributed by atoms with van der Waals surface area (Å²) < 4.78 is 0. The van der Waals surface area contributed by atoms with Gasteiger partial charge in [0, 0.05) is 6.54 Å². The highest BCUT2D eigenvalue weighted by Crippen LogP contribution is 2.25. The molecule has 0 aliphatic carbocycles. The Labute approximate surface area is 112 Å². The van der Waals surface area contributed by atoms with Crippen molar-refractivity contribution in [2.75, 3.05) is 12.3 Å². The van der Waals surface area contributed by atoms with Crippen LogP contribution in [-0.4, -0.2) is 28.5 Å². The third kappa shape index (κ3) is 3.43. The minimum Gasteiger partial charge on any atom is -0.481 e. The lowest BCUT2D eigenvalue weighted by molar-refractivity contribution is -0.149. The lowest BCUT2D eigenvalue weighted by Gasteiger charge is -2.26. The van der Waals surface area contributed by atoms with Gasteiger partial charge in [0.25, 0.3) is 5.91 Å². The molecule has 6 nitrogen and oxygen atoms in total. The number of nitrogens with zero attached hydrogens (tertiary/aromatic N) is 1. The van der Waals surface area contributed by atoms with E-state index in [4.69, 9.17) is 5.73 Å². The molecule has 0 saturated carbocycles. The summed E-state index contributed by atoms with van der Waals surface area (Å²) in [5.41, 5.74) is 5.25. The van der Waals surface area contributed by atoms with Gasteiger partial charge in [0.1, 0.15) is 5.69 Å². The maximum atomic E-state index is 11.8. The number of aliphatic carboxylic acids is 1. The summed E-state index contributed by atoms with van der Waals surface area (Å²) in [5.74, 6) is -1.30. The van der Waals surface area contributed by atoms with Crippen molar-refractivity contribution < 1.29 is 14.7 Å². The fraction of sp³-hybridized carbons (Fsp3) is 0.462. The van der Waals surface area contributed by atoms with E-state index in [1.165, 1.54) is 12.3 Å². The second-order valence-electron chi connectivity index (χ2n) is 4.45. The van der Waals surface area contributed by atoms with Crippen LogP contribution in [0.15, 0.2) is 18.3 Å². The average Bonchev–Trinajstić information content (AvgIpc) is 2.40. The number of amides is 1. The van der Waals surface area contributed by atoms with Gasteiger partial charge in [0.05, 0.1) is 17.3 Å². The SMILES string of the molecule is CCC(CC)(CNC(=O)c1ccc(N)cn1)C(=O)O. The fourth-order valence-corrected chi connectivity index (χ4v) is 1.76. The molecule has 0 aliphatic heterocycles. The summed E-state index contributed by atoms with van der Waals surface area (Å²) in [6.07, 6.45) is 2.29. The van der Waals surface area contributed by atoms with Gasteiger partial charge < -0.3 is 16.2 Å². The van der Waals surface area contributed by atoms with Gasteiger partial charge in [0.2, 0.25) is 0 Å². The first kappa shape index (κ1) is 14.9. The standard InChI is InChI=1S/C13H19N3O3/c1-3-13(4-2,12(18)19)8-16-11(17)10-6-5-9(14)7-15-10/h5-7H,3-4,8,14H2,1-2H3,(H,16,17)(H,18,19). The van der Waals surface area contributed by atoms with Crippen LogP contribution in [0.2, 0.25) is 0 Å². The van der Waals surface area contributed by atoms with Gasteiger partial charge in [-0.25, -0.2) is 4.98 Å². The molecule has 0 radical (unpaired) electrons. The number of aromatic nitrogens is 1. The Hall–Kier alpha value is -2.11. The lowest BCUT2D eigenvalue weighted by Crippen LogP contribution is -2.42. The lowest BCUT2D eigenvalue weighted by atomic mass is 9.82. The molecule has 0 atom stereocenters. The molecule has 1 aromatic rings. The van der Waals surface area contributed by atoms with Gasteiger partial charge >= 0.3 is 5.97 Å². The van der Waals surface area contributed by atoms with Crippen molar-refractivity contribution in [1.82, 2.24) is 10.3 Å². The number of carbonyl (C=O) groups is 2. The van der Waals surface area contributed by atoms with Crippen molar-refractivity contribution in [2.45, 2.75) is 26.7 Å². The highest BCUT2D eigenvalue weighted by molar-refractivity contribution is 5.92. The fourth-order valence-electron chi connectivity index (χ4n) is 1.76. The zero-order valence-electron chi connectivity index (χ0n) is 11.1. The second kappa shape index (κ2) is 6.17. The number of hydrogen-bond acceptors (Lipinski definition) is 4. The zero-order valence-corrected chi connectivity index (χ0v) is 11.1. The van der Waals surface area contributed by atoms with Gasteiger partial charge in [-0.3, -0.25) is 9.59 Å². The van der Waals surface area contributed by atoms with Crippen LogP contribution < -0.4 is 11.1 Å².